The van der Waals surface area contributed by atoms with Crippen LogP contribution in [-0.2, 0) is 19.7 Å². The van der Waals surface area contributed by atoms with Crippen LogP contribution in [-0.4, -0.2) is 28.9 Å². The van der Waals surface area contributed by atoms with Gasteiger partial charge in [-0.05, 0) is 19.5 Å². The number of methoxy groups -OCH3 is 1. The van der Waals surface area contributed by atoms with Crippen molar-refractivity contribution in [3.05, 3.63) is 35.9 Å². The molecular formula is C15H22N4O2. The maximum absolute atomic E-state index is 5.92. The lowest BCUT2D eigenvalue weighted by molar-refractivity contribution is 0.281. The van der Waals surface area contributed by atoms with E-state index in [1.165, 1.54) is 0 Å². The lowest BCUT2D eigenvalue weighted by Gasteiger charge is -2.13. The van der Waals surface area contributed by atoms with Gasteiger partial charge in [0, 0.05) is 24.7 Å². The van der Waals surface area contributed by atoms with Crippen molar-refractivity contribution in [3.8, 4) is 11.5 Å². The second kappa shape index (κ2) is 7.64. The zero-order valence-electron chi connectivity index (χ0n) is 12.8. The molecule has 6 nitrogen and oxygen atoms in total. The van der Waals surface area contributed by atoms with Crippen molar-refractivity contribution < 1.29 is 9.47 Å². The van der Waals surface area contributed by atoms with Gasteiger partial charge in [0.1, 0.15) is 24.4 Å². The number of ether oxygens (including phenoxy) is 2. The first-order chi connectivity index (χ1) is 10.3. The highest BCUT2D eigenvalue weighted by atomic mass is 16.5. The van der Waals surface area contributed by atoms with Gasteiger partial charge in [0.05, 0.1) is 7.11 Å². The molecule has 114 valence electrons. The molecule has 0 aliphatic carbocycles. The minimum absolute atomic E-state index is 0.393. The van der Waals surface area contributed by atoms with E-state index in [4.69, 9.17) is 9.47 Å². The summed E-state index contributed by atoms with van der Waals surface area (Å²) in [5, 5.41) is 7.33. The number of rotatable bonds is 8. The molecule has 2 aromatic rings. The van der Waals surface area contributed by atoms with E-state index in [0.29, 0.717) is 6.61 Å². The fraction of sp³-hybridized carbons (Fsp3) is 0.467. The van der Waals surface area contributed by atoms with Crippen molar-refractivity contribution in [2.75, 3.05) is 14.2 Å². The summed E-state index contributed by atoms with van der Waals surface area (Å²) in [6.07, 6.45) is 2.58. The Balaban J connectivity index is 2.12. The Morgan fingerprint density at radius 3 is 2.90 bits per heavy atom. The molecule has 1 heterocycles. The summed E-state index contributed by atoms with van der Waals surface area (Å²) in [6.45, 7) is 4.09. The van der Waals surface area contributed by atoms with Crippen molar-refractivity contribution >= 4 is 0 Å². The number of hydrogen-bond acceptors (Lipinski definition) is 5. The van der Waals surface area contributed by atoms with E-state index in [1.807, 2.05) is 29.9 Å². The molecule has 1 aromatic heterocycles. The van der Waals surface area contributed by atoms with Crippen LogP contribution in [0, 0.1) is 0 Å². The minimum atomic E-state index is 0.393. The summed E-state index contributed by atoms with van der Waals surface area (Å²) in [7, 11) is 3.56. The summed E-state index contributed by atoms with van der Waals surface area (Å²) < 4.78 is 13.0. The van der Waals surface area contributed by atoms with Crippen LogP contribution in [0.2, 0.25) is 0 Å². The van der Waals surface area contributed by atoms with Gasteiger partial charge in [-0.2, -0.15) is 5.10 Å². The van der Waals surface area contributed by atoms with Gasteiger partial charge in [0.2, 0.25) is 0 Å². The van der Waals surface area contributed by atoms with Crippen molar-refractivity contribution in [2.45, 2.75) is 33.0 Å². The first kappa shape index (κ1) is 15.3. The van der Waals surface area contributed by atoms with Crippen LogP contribution in [0.15, 0.2) is 24.5 Å². The summed E-state index contributed by atoms with van der Waals surface area (Å²) in [6, 6.07) is 5.83. The quantitative estimate of drug-likeness (QED) is 0.805. The monoisotopic (exact) mass is 290 g/mol. The lowest BCUT2D eigenvalue weighted by atomic mass is 10.2. The lowest BCUT2D eigenvalue weighted by Crippen LogP contribution is -2.11. The van der Waals surface area contributed by atoms with Crippen LogP contribution in [0.3, 0.4) is 0 Å². The average molecular weight is 290 g/mol. The first-order valence-electron chi connectivity index (χ1n) is 7.09. The molecule has 0 bridgehead atoms. The van der Waals surface area contributed by atoms with Gasteiger partial charge >= 0.3 is 0 Å². The fourth-order valence-electron chi connectivity index (χ4n) is 2.07. The van der Waals surface area contributed by atoms with E-state index in [-0.39, 0.29) is 0 Å². The van der Waals surface area contributed by atoms with Crippen molar-refractivity contribution in [1.29, 1.82) is 0 Å². The summed E-state index contributed by atoms with van der Waals surface area (Å²) in [5.41, 5.74) is 1.08. The molecule has 0 amide bonds. The van der Waals surface area contributed by atoms with Crippen molar-refractivity contribution in [2.24, 2.45) is 0 Å². The number of hydrogen-bond donors (Lipinski definition) is 1. The fourth-order valence-corrected chi connectivity index (χ4v) is 2.07. The molecule has 1 N–H and O–H groups in total. The van der Waals surface area contributed by atoms with E-state index in [2.05, 4.69) is 22.3 Å². The molecule has 0 spiro atoms. The van der Waals surface area contributed by atoms with Gasteiger partial charge in [-0.25, -0.2) is 9.67 Å². The van der Waals surface area contributed by atoms with Gasteiger partial charge < -0.3 is 14.8 Å². The van der Waals surface area contributed by atoms with Gasteiger partial charge in [-0.15, -0.1) is 0 Å². The Morgan fingerprint density at radius 1 is 1.33 bits per heavy atom. The number of aryl methyl sites for hydroxylation is 1. The van der Waals surface area contributed by atoms with E-state index in [1.54, 1.807) is 13.4 Å². The van der Waals surface area contributed by atoms with Crippen LogP contribution in [0.5, 0.6) is 11.5 Å². The summed E-state index contributed by atoms with van der Waals surface area (Å²) >= 11 is 0. The van der Waals surface area contributed by atoms with Crippen LogP contribution in [0.1, 0.15) is 24.7 Å². The summed E-state index contributed by atoms with van der Waals surface area (Å²) in [5.74, 6) is 2.41. The Kier molecular flexibility index (Phi) is 5.57. The largest absolute Gasteiger partial charge is 0.497 e. The molecule has 0 unspecified atom stereocenters. The number of nitrogens with zero attached hydrogens (tertiary/aromatic N) is 3. The van der Waals surface area contributed by atoms with E-state index >= 15 is 0 Å². The SMILES string of the molecule is CCCn1ncnc1COc1cc(OC)ccc1CNC. The van der Waals surface area contributed by atoms with Gasteiger partial charge in [-0.1, -0.05) is 13.0 Å². The second-order valence-corrected chi connectivity index (χ2v) is 4.69. The highest BCUT2D eigenvalue weighted by molar-refractivity contribution is 5.40. The Hall–Kier alpha value is -2.08. The Morgan fingerprint density at radius 2 is 2.19 bits per heavy atom. The number of benzene rings is 1. The van der Waals surface area contributed by atoms with Crippen LogP contribution in [0.4, 0.5) is 0 Å². The normalized spacial score (nSPS) is 10.6. The predicted molar refractivity (Wildman–Crippen MR) is 80.4 cm³/mol. The third-order valence-corrected chi connectivity index (χ3v) is 3.13. The molecule has 0 aliphatic rings. The molecule has 0 fully saturated rings. The molecule has 0 radical (unpaired) electrons. The third kappa shape index (κ3) is 3.95. The third-order valence-electron chi connectivity index (χ3n) is 3.13. The molecule has 0 aliphatic heterocycles. The second-order valence-electron chi connectivity index (χ2n) is 4.69. The smallest absolute Gasteiger partial charge is 0.164 e. The molecule has 21 heavy (non-hydrogen) atoms. The zero-order chi connectivity index (χ0) is 15.1. The van der Waals surface area contributed by atoms with Gasteiger partial charge in [-0.3, -0.25) is 0 Å². The van der Waals surface area contributed by atoms with Gasteiger partial charge in [0.25, 0.3) is 0 Å². The maximum atomic E-state index is 5.92. The van der Waals surface area contributed by atoms with Gasteiger partial charge in [0.15, 0.2) is 5.82 Å². The standard InChI is InChI=1S/C15H22N4O2/c1-4-7-19-15(17-11-18-19)10-21-14-8-13(20-3)6-5-12(14)9-16-2/h5-6,8,11,16H,4,7,9-10H2,1-3H3. The summed E-state index contributed by atoms with van der Waals surface area (Å²) in [4.78, 5) is 4.25. The van der Waals surface area contributed by atoms with Crippen molar-refractivity contribution in [1.82, 2.24) is 20.1 Å². The molecule has 2 rings (SSSR count). The van der Waals surface area contributed by atoms with Crippen LogP contribution in [0.25, 0.3) is 0 Å². The molecule has 0 saturated carbocycles. The highest BCUT2D eigenvalue weighted by Crippen LogP contribution is 2.25. The topological polar surface area (TPSA) is 61.2 Å². The molecular weight excluding hydrogens is 268 g/mol. The molecule has 1 aromatic carbocycles. The minimum Gasteiger partial charge on any atom is -0.497 e. The zero-order valence-corrected chi connectivity index (χ0v) is 12.8. The highest BCUT2D eigenvalue weighted by Gasteiger charge is 2.09. The van der Waals surface area contributed by atoms with Crippen LogP contribution >= 0.6 is 0 Å². The van der Waals surface area contributed by atoms with Crippen molar-refractivity contribution in [3.63, 3.8) is 0 Å². The van der Waals surface area contributed by atoms with Crippen LogP contribution < -0.4 is 14.8 Å². The molecule has 6 heteroatoms. The van der Waals surface area contributed by atoms with E-state index < -0.39 is 0 Å². The maximum Gasteiger partial charge on any atom is 0.164 e. The average Bonchev–Trinajstić information content (AvgIpc) is 2.94. The van der Waals surface area contributed by atoms with E-state index in [9.17, 15) is 0 Å². The Labute approximate surface area is 125 Å². The first-order valence-corrected chi connectivity index (χ1v) is 7.09. The number of nitrogens with one attached hydrogen (secondary N) is 1. The number of aromatic nitrogens is 3. The molecule has 0 saturated heterocycles. The predicted octanol–water partition coefficient (Wildman–Crippen LogP) is 2.00. The molecule has 0 atom stereocenters. The Bertz CT molecular complexity index is 569. The van der Waals surface area contributed by atoms with E-state index in [0.717, 1.165) is 42.4 Å².